The van der Waals surface area contributed by atoms with E-state index in [0.717, 1.165) is 25.2 Å². The number of likely N-dealkylation sites (tertiary alicyclic amines) is 1. The summed E-state index contributed by atoms with van der Waals surface area (Å²) in [6.07, 6.45) is 6.79. The summed E-state index contributed by atoms with van der Waals surface area (Å²) in [4.78, 5) is 2.68. The van der Waals surface area contributed by atoms with E-state index in [1.165, 1.54) is 49.8 Å². The quantitative estimate of drug-likeness (QED) is 0.842. The Labute approximate surface area is 117 Å². The molecule has 19 heavy (non-hydrogen) atoms. The maximum absolute atomic E-state index is 3.64. The van der Waals surface area contributed by atoms with Crippen molar-refractivity contribution in [2.75, 3.05) is 6.54 Å². The fourth-order valence-electron chi connectivity index (χ4n) is 3.21. The molecule has 1 N–H and O–H groups in total. The first-order valence-electron chi connectivity index (χ1n) is 7.91. The summed E-state index contributed by atoms with van der Waals surface area (Å²) in [6.45, 7) is 5.79. The lowest BCUT2D eigenvalue weighted by Gasteiger charge is -2.24. The largest absolute Gasteiger partial charge is 0.310 e. The van der Waals surface area contributed by atoms with Gasteiger partial charge in [-0.15, -0.1) is 0 Å². The number of hydrogen-bond donors (Lipinski definition) is 1. The molecule has 0 spiro atoms. The highest BCUT2D eigenvalue weighted by molar-refractivity contribution is 5.27. The summed E-state index contributed by atoms with van der Waals surface area (Å²) >= 11 is 0. The van der Waals surface area contributed by atoms with Gasteiger partial charge in [-0.1, -0.05) is 31.2 Å². The normalized spacial score (nSPS) is 23.9. The molecular weight excluding hydrogens is 232 g/mol. The second kappa shape index (κ2) is 6.06. The molecule has 1 aromatic carbocycles. The van der Waals surface area contributed by atoms with E-state index in [1.807, 2.05) is 0 Å². The fraction of sp³-hybridized carbons (Fsp3) is 0.647. The molecule has 2 nitrogen and oxygen atoms in total. The van der Waals surface area contributed by atoms with Gasteiger partial charge in [0.05, 0.1) is 0 Å². The molecule has 1 saturated heterocycles. The highest BCUT2D eigenvalue weighted by Crippen LogP contribution is 2.24. The number of hydrogen-bond acceptors (Lipinski definition) is 2. The number of nitrogens with zero attached hydrogens (tertiary/aromatic N) is 1. The maximum Gasteiger partial charge on any atom is 0.0239 e. The molecule has 0 bridgehead atoms. The Morgan fingerprint density at radius 3 is 2.68 bits per heavy atom. The molecule has 2 aliphatic rings. The lowest BCUT2D eigenvalue weighted by atomic mass is 10.1. The first-order valence-corrected chi connectivity index (χ1v) is 7.91. The zero-order valence-electron chi connectivity index (χ0n) is 12.1. The van der Waals surface area contributed by atoms with Gasteiger partial charge in [0.25, 0.3) is 0 Å². The van der Waals surface area contributed by atoms with E-state index in [-0.39, 0.29) is 0 Å². The van der Waals surface area contributed by atoms with Gasteiger partial charge in [-0.25, -0.2) is 0 Å². The van der Waals surface area contributed by atoms with Gasteiger partial charge in [-0.05, 0) is 49.8 Å². The van der Waals surface area contributed by atoms with Crippen LogP contribution in [0.25, 0.3) is 0 Å². The molecule has 1 aromatic rings. The molecule has 1 unspecified atom stereocenters. The summed E-state index contributed by atoms with van der Waals surface area (Å²) < 4.78 is 0. The lowest BCUT2D eigenvalue weighted by Crippen LogP contribution is -2.29. The Kier molecular flexibility index (Phi) is 4.19. The van der Waals surface area contributed by atoms with Crippen molar-refractivity contribution in [2.45, 2.75) is 64.2 Å². The Bertz CT molecular complexity index is 411. The minimum atomic E-state index is 0.795. The summed E-state index contributed by atoms with van der Waals surface area (Å²) in [5, 5.41) is 3.64. The first-order chi connectivity index (χ1) is 9.36. The van der Waals surface area contributed by atoms with Crippen LogP contribution in [-0.2, 0) is 13.1 Å². The van der Waals surface area contributed by atoms with Gasteiger partial charge in [0, 0.05) is 25.2 Å². The van der Waals surface area contributed by atoms with Gasteiger partial charge in [0.2, 0.25) is 0 Å². The highest BCUT2D eigenvalue weighted by atomic mass is 15.2. The van der Waals surface area contributed by atoms with Crippen LogP contribution in [0.4, 0.5) is 0 Å². The fourth-order valence-corrected chi connectivity index (χ4v) is 3.21. The van der Waals surface area contributed by atoms with Gasteiger partial charge in [0.15, 0.2) is 0 Å². The maximum atomic E-state index is 3.64. The second-order valence-electron chi connectivity index (χ2n) is 6.10. The van der Waals surface area contributed by atoms with Crippen LogP contribution in [-0.4, -0.2) is 23.5 Å². The van der Waals surface area contributed by atoms with Crippen molar-refractivity contribution in [1.29, 1.82) is 0 Å². The molecule has 1 aliphatic carbocycles. The van der Waals surface area contributed by atoms with Crippen LogP contribution in [0.2, 0.25) is 0 Å². The number of rotatable bonds is 6. The van der Waals surface area contributed by atoms with Crippen molar-refractivity contribution >= 4 is 0 Å². The van der Waals surface area contributed by atoms with Crippen molar-refractivity contribution in [3.63, 3.8) is 0 Å². The molecule has 0 aromatic heterocycles. The van der Waals surface area contributed by atoms with Gasteiger partial charge < -0.3 is 5.32 Å². The third kappa shape index (κ3) is 3.37. The number of nitrogens with one attached hydrogen (secondary N) is 1. The van der Waals surface area contributed by atoms with Crippen molar-refractivity contribution in [1.82, 2.24) is 10.2 Å². The Balaban J connectivity index is 1.65. The topological polar surface area (TPSA) is 15.3 Å². The predicted octanol–water partition coefficient (Wildman–Crippen LogP) is 3.31. The van der Waals surface area contributed by atoms with E-state index in [2.05, 4.69) is 41.4 Å². The van der Waals surface area contributed by atoms with Crippen molar-refractivity contribution < 1.29 is 0 Å². The van der Waals surface area contributed by atoms with Crippen molar-refractivity contribution in [3.05, 3.63) is 35.4 Å². The second-order valence-corrected chi connectivity index (χ2v) is 6.10. The van der Waals surface area contributed by atoms with E-state index in [4.69, 9.17) is 0 Å². The molecule has 2 fully saturated rings. The van der Waals surface area contributed by atoms with Crippen LogP contribution in [0.15, 0.2) is 24.3 Å². The zero-order chi connectivity index (χ0) is 13.1. The monoisotopic (exact) mass is 258 g/mol. The SMILES string of the molecule is CCC1CCCN1Cc1ccccc1CNC1CC1. The average Bonchev–Trinajstić information content (AvgIpc) is 3.16. The van der Waals surface area contributed by atoms with Crippen LogP contribution >= 0.6 is 0 Å². The number of benzene rings is 1. The Hall–Kier alpha value is -0.860. The standard InChI is InChI=1S/C17H26N2/c1-2-17-8-5-11-19(17)13-15-7-4-3-6-14(15)12-18-16-9-10-16/h3-4,6-7,16-18H,2,5,8-13H2,1H3. The van der Waals surface area contributed by atoms with Gasteiger partial charge in [-0.3, -0.25) is 4.90 Å². The molecule has 3 rings (SSSR count). The van der Waals surface area contributed by atoms with Crippen LogP contribution in [0.3, 0.4) is 0 Å². The van der Waals surface area contributed by atoms with Crippen LogP contribution in [0.5, 0.6) is 0 Å². The summed E-state index contributed by atoms with van der Waals surface area (Å²) in [6, 6.07) is 10.6. The Morgan fingerprint density at radius 2 is 1.95 bits per heavy atom. The summed E-state index contributed by atoms with van der Waals surface area (Å²) in [5.74, 6) is 0. The van der Waals surface area contributed by atoms with Gasteiger partial charge >= 0.3 is 0 Å². The highest BCUT2D eigenvalue weighted by Gasteiger charge is 2.24. The molecule has 1 saturated carbocycles. The van der Waals surface area contributed by atoms with E-state index in [0.29, 0.717) is 0 Å². The third-order valence-corrected chi connectivity index (χ3v) is 4.62. The molecule has 2 heteroatoms. The van der Waals surface area contributed by atoms with Gasteiger partial charge in [0.1, 0.15) is 0 Å². The summed E-state index contributed by atoms with van der Waals surface area (Å²) in [5.41, 5.74) is 3.02. The minimum Gasteiger partial charge on any atom is -0.310 e. The Morgan fingerprint density at radius 1 is 1.16 bits per heavy atom. The van der Waals surface area contributed by atoms with Crippen LogP contribution in [0.1, 0.15) is 50.2 Å². The van der Waals surface area contributed by atoms with E-state index < -0.39 is 0 Å². The van der Waals surface area contributed by atoms with Crippen LogP contribution < -0.4 is 5.32 Å². The third-order valence-electron chi connectivity index (χ3n) is 4.62. The minimum absolute atomic E-state index is 0.795. The molecule has 1 atom stereocenters. The van der Waals surface area contributed by atoms with E-state index in [9.17, 15) is 0 Å². The molecule has 1 aliphatic heterocycles. The first kappa shape index (κ1) is 13.1. The smallest absolute Gasteiger partial charge is 0.0239 e. The van der Waals surface area contributed by atoms with E-state index >= 15 is 0 Å². The predicted molar refractivity (Wildman–Crippen MR) is 80.0 cm³/mol. The van der Waals surface area contributed by atoms with Gasteiger partial charge in [-0.2, -0.15) is 0 Å². The molecule has 1 heterocycles. The van der Waals surface area contributed by atoms with E-state index in [1.54, 1.807) is 0 Å². The molecule has 0 amide bonds. The zero-order valence-corrected chi connectivity index (χ0v) is 12.1. The lowest BCUT2D eigenvalue weighted by molar-refractivity contribution is 0.239. The molecular formula is C17H26N2. The molecule has 104 valence electrons. The van der Waals surface area contributed by atoms with Crippen molar-refractivity contribution in [2.24, 2.45) is 0 Å². The summed E-state index contributed by atoms with van der Waals surface area (Å²) in [7, 11) is 0. The van der Waals surface area contributed by atoms with Crippen LogP contribution in [0, 0.1) is 0 Å². The van der Waals surface area contributed by atoms with Crippen molar-refractivity contribution in [3.8, 4) is 0 Å². The molecule has 0 radical (unpaired) electrons. The average molecular weight is 258 g/mol.